The van der Waals surface area contributed by atoms with Crippen LogP contribution in [0.4, 0.5) is 17.6 Å². The summed E-state index contributed by atoms with van der Waals surface area (Å²) in [4.78, 5) is 0. The third-order valence-electron chi connectivity index (χ3n) is 2.66. The van der Waals surface area contributed by atoms with Crippen molar-refractivity contribution in [3.05, 3.63) is 11.8 Å². The molecule has 3 nitrogen and oxygen atoms in total. The summed E-state index contributed by atoms with van der Waals surface area (Å²) in [6.07, 6.45) is -0.515. The molecule has 1 aliphatic rings. The van der Waals surface area contributed by atoms with Gasteiger partial charge in [-0.15, -0.1) is 0 Å². The molecular formula is C11H17F4NO2. The van der Waals surface area contributed by atoms with Gasteiger partial charge in [-0.3, -0.25) is 0 Å². The van der Waals surface area contributed by atoms with Crippen molar-refractivity contribution in [1.82, 2.24) is 5.32 Å². The molecule has 1 heterocycles. The molecule has 0 aromatic heterocycles. The molecule has 1 atom stereocenters. The van der Waals surface area contributed by atoms with Gasteiger partial charge in [0.05, 0.1) is 25.5 Å². The zero-order valence-corrected chi connectivity index (χ0v) is 10.1. The normalized spacial score (nSPS) is 18.4. The number of hydrogen-bond donors (Lipinski definition) is 1. The van der Waals surface area contributed by atoms with Crippen LogP contribution in [0.2, 0.25) is 0 Å². The molecule has 0 fully saturated rings. The summed E-state index contributed by atoms with van der Waals surface area (Å²) in [6.45, 7) is -0.741. The van der Waals surface area contributed by atoms with E-state index in [1.165, 1.54) is 0 Å². The van der Waals surface area contributed by atoms with Crippen LogP contribution in [0.1, 0.15) is 12.8 Å². The van der Waals surface area contributed by atoms with Crippen LogP contribution < -0.4 is 5.32 Å². The molecule has 1 N–H and O–H groups in total. The van der Waals surface area contributed by atoms with Crippen LogP contribution in [-0.4, -0.2) is 45.3 Å². The molecular weight excluding hydrogens is 254 g/mol. The van der Waals surface area contributed by atoms with Crippen molar-refractivity contribution in [2.45, 2.75) is 31.2 Å². The average Bonchev–Trinajstić information content (AvgIpc) is 2.35. The largest absolute Gasteiger partial charge is 0.501 e. The van der Waals surface area contributed by atoms with Crippen LogP contribution >= 0.6 is 0 Å². The van der Waals surface area contributed by atoms with Crippen molar-refractivity contribution in [3.63, 3.8) is 0 Å². The van der Waals surface area contributed by atoms with Crippen LogP contribution in [0.25, 0.3) is 0 Å². The maximum atomic E-state index is 12.6. The number of hydrogen-bond acceptors (Lipinski definition) is 3. The van der Waals surface area contributed by atoms with Gasteiger partial charge < -0.3 is 14.8 Å². The highest BCUT2D eigenvalue weighted by Gasteiger charge is 2.41. The lowest BCUT2D eigenvalue weighted by Crippen LogP contribution is -2.37. The first kappa shape index (κ1) is 15.2. The predicted octanol–water partition coefficient (Wildman–Crippen LogP) is 2.19. The number of halogens is 4. The lowest BCUT2D eigenvalue weighted by Gasteiger charge is -2.23. The van der Waals surface area contributed by atoms with Crippen LogP contribution in [-0.2, 0) is 9.47 Å². The second-order valence-corrected chi connectivity index (χ2v) is 4.09. The van der Waals surface area contributed by atoms with E-state index in [2.05, 4.69) is 10.1 Å². The van der Waals surface area contributed by atoms with Crippen LogP contribution in [0.5, 0.6) is 0 Å². The molecule has 0 aromatic rings. The first-order valence-corrected chi connectivity index (χ1v) is 5.69. The second kappa shape index (κ2) is 6.94. The Balaban J connectivity index is 2.38. The van der Waals surface area contributed by atoms with Gasteiger partial charge in [0.1, 0.15) is 6.61 Å². The van der Waals surface area contributed by atoms with Gasteiger partial charge in [0, 0.05) is 0 Å². The maximum absolute atomic E-state index is 12.6. The molecule has 0 bridgehead atoms. The lowest BCUT2D eigenvalue weighted by atomic mass is 10.0. The van der Waals surface area contributed by atoms with Crippen molar-refractivity contribution in [2.24, 2.45) is 0 Å². The fourth-order valence-electron chi connectivity index (χ4n) is 1.59. The SMILES string of the molecule is CNC(COCC(F)(F)C(F)F)C1=COCCC1. The van der Waals surface area contributed by atoms with Crippen LogP contribution in [0.3, 0.4) is 0 Å². The number of ether oxygens (including phenoxy) is 2. The quantitative estimate of drug-likeness (QED) is 0.720. The van der Waals surface area contributed by atoms with E-state index >= 15 is 0 Å². The molecule has 0 aromatic carbocycles. The van der Waals surface area contributed by atoms with Gasteiger partial charge in [0.25, 0.3) is 0 Å². The second-order valence-electron chi connectivity index (χ2n) is 4.09. The van der Waals surface area contributed by atoms with E-state index < -0.39 is 19.0 Å². The Kier molecular flexibility index (Phi) is 5.87. The first-order chi connectivity index (χ1) is 8.47. The summed E-state index contributed by atoms with van der Waals surface area (Å²) < 4.78 is 58.8. The standard InChI is InChI=1S/C11H17F4NO2/c1-16-9(8-3-2-4-17-5-8)6-18-7-11(14,15)10(12)13/h5,9-10,16H,2-4,6-7H2,1H3. The average molecular weight is 271 g/mol. The van der Waals surface area contributed by atoms with E-state index in [1.807, 2.05) is 0 Å². The van der Waals surface area contributed by atoms with Gasteiger partial charge in [-0.1, -0.05) is 0 Å². The summed E-state index contributed by atoms with van der Waals surface area (Å²) in [6, 6.07) is -0.293. The van der Waals surface area contributed by atoms with Gasteiger partial charge in [0.15, 0.2) is 0 Å². The summed E-state index contributed by atoms with van der Waals surface area (Å²) in [7, 11) is 1.65. The molecule has 1 unspecified atom stereocenters. The Bertz CT molecular complexity index is 284. The molecule has 0 saturated carbocycles. The zero-order chi connectivity index (χ0) is 13.6. The summed E-state index contributed by atoms with van der Waals surface area (Å²) in [5.41, 5.74) is 0.893. The Hall–Kier alpha value is -0.820. The molecule has 7 heteroatoms. The summed E-state index contributed by atoms with van der Waals surface area (Å²) in [5, 5.41) is 2.88. The number of likely N-dealkylation sites (N-methyl/N-ethyl adjacent to an activating group) is 1. The Morgan fingerprint density at radius 3 is 2.72 bits per heavy atom. The highest BCUT2D eigenvalue weighted by atomic mass is 19.3. The Morgan fingerprint density at radius 2 is 2.22 bits per heavy atom. The van der Waals surface area contributed by atoms with E-state index in [-0.39, 0.29) is 12.6 Å². The molecule has 106 valence electrons. The number of alkyl halides is 4. The van der Waals surface area contributed by atoms with Gasteiger partial charge in [-0.25, -0.2) is 8.78 Å². The van der Waals surface area contributed by atoms with Crippen molar-refractivity contribution in [1.29, 1.82) is 0 Å². The van der Waals surface area contributed by atoms with Crippen LogP contribution in [0.15, 0.2) is 11.8 Å². The van der Waals surface area contributed by atoms with Gasteiger partial charge in [-0.2, -0.15) is 8.78 Å². The molecule has 0 spiro atoms. The first-order valence-electron chi connectivity index (χ1n) is 5.69. The van der Waals surface area contributed by atoms with Crippen molar-refractivity contribution < 1.29 is 27.0 Å². The van der Waals surface area contributed by atoms with Crippen molar-refractivity contribution in [3.8, 4) is 0 Å². The Labute approximate surface area is 103 Å². The van der Waals surface area contributed by atoms with Gasteiger partial charge in [-0.05, 0) is 25.5 Å². The fourth-order valence-corrected chi connectivity index (χ4v) is 1.59. The maximum Gasteiger partial charge on any atom is 0.330 e. The molecule has 1 aliphatic heterocycles. The van der Waals surface area contributed by atoms with E-state index in [9.17, 15) is 17.6 Å². The van der Waals surface area contributed by atoms with E-state index in [0.29, 0.717) is 6.61 Å². The van der Waals surface area contributed by atoms with Gasteiger partial charge >= 0.3 is 12.3 Å². The van der Waals surface area contributed by atoms with Crippen molar-refractivity contribution >= 4 is 0 Å². The molecule has 18 heavy (non-hydrogen) atoms. The zero-order valence-electron chi connectivity index (χ0n) is 10.1. The number of nitrogens with one attached hydrogen (secondary N) is 1. The number of rotatable bonds is 7. The third kappa shape index (κ3) is 4.45. The fraction of sp³-hybridized carbons (Fsp3) is 0.818. The minimum atomic E-state index is -4.10. The summed E-state index contributed by atoms with van der Waals surface area (Å²) in [5.74, 6) is -4.10. The monoisotopic (exact) mass is 271 g/mol. The van der Waals surface area contributed by atoms with E-state index in [1.54, 1.807) is 13.3 Å². The summed E-state index contributed by atoms with van der Waals surface area (Å²) >= 11 is 0. The van der Waals surface area contributed by atoms with E-state index in [0.717, 1.165) is 18.4 Å². The molecule has 0 aliphatic carbocycles. The minimum Gasteiger partial charge on any atom is -0.501 e. The highest BCUT2D eigenvalue weighted by molar-refractivity contribution is 5.09. The molecule has 0 saturated heterocycles. The minimum absolute atomic E-state index is 0.0893. The van der Waals surface area contributed by atoms with Crippen molar-refractivity contribution in [2.75, 3.05) is 26.9 Å². The third-order valence-corrected chi connectivity index (χ3v) is 2.66. The lowest BCUT2D eigenvalue weighted by molar-refractivity contribution is -0.166. The van der Waals surface area contributed by atoms with E-state index in [4.69, 9.17) is 4.74 Å². The topological polar surface area (TPSA) is 30.5 Å². The Morgan fingerprint density at radius 1 is 1.50 bits per heavy atom. The molecule has 0 radical (unpaired) electrons. The predicted molar refractivity (Wildman–Crippen MR) is 57.9 cm³/mol. The smallest absolute Gasteiger partial charge is 0.330 e. The van der Waals surface area contributed by atoms with Gasteiger partial charge in [0.2, 0.25) is 0 Å². The van der Waals surface area contributed by atoms with Crippen LogP contribution in [0, 0.1) is 0 Å². The highest BCUT2D eigenvalue weighted by Crippen LogP contribution is 2.23. The molecule has 0 amide bonds. The molecule has 1 rings (SSSR count).